The van der Waals surface area contributed by atoms with E-state index in [1.165, 1.54) is 0 Å². The first-order valence-corrected chi connectivity index (χ1v) is 1.72. The van der Waals surface area contributed by atoms with Crippen LogP contribution in [-0.2, 0) is 0 Å². The van der Waals surface area contributed by atoms with Gasteiger partial charge >= 0.3 is 0 Å². The molecule has 0 aromatic rings. The van der Waals surface area contributed by atoms with Crippen molar-refractivity contribution in [1.29, 1.82) is 5.26 Å². The fourth-order valence-electron chi connectivity index (χ4n) is 0.258. The van der Waals surface area contributed by atoms with Crippen LogP contribution in [0.1, 0.15) is 0 Å². The van der Waals surface area contributed by atoms with Crippen molar-refractivity contribution in [2.24, 2.45) is 5.73 Å². The average molecular weight is 77.9 g/mol. The van der Waals surface area contributed by atoms with E-state index in [0.29, 0.717) is 0 Å². The summed E-state index contributed by atoms with van der Waals surface area (Å²) in [4.78, 5) is 0. The summed E-state index contributed by atoms with van der Waals surface area (Å²) in [7, 11) is 0.747. The van der Waals surface area contributed by atoms with Crippen LogP contribution >= 0.6 is 0 Å². The fraction of sp³-hybridized carbons (Fsp3) is 0. The molecule has 1 heterocycles. The van der Waals surface area contributed by atoms with E-state index in [1.807, 2.05) is 6.07 Å². The molecule has 28 valence electrons. The Morgan fingerprint density at radius 1 is 1.83 bits per heavy atom. The number of nitrogens with two attached hydrogens (primary N) is 1. The molecule has 0 saturated carbocycles. The van der Waals surface area contributed by atoms with Crippen LogP contribution in [0, 0.1) is 11.3 Å². The van der Waals surface area contributed by atoms with Crippen LogP contribution in [0.3, 0.4) is 0 Å². The van der Waals surface area contributed by atoms with Gasteiger partial charge in [0.05, 0.1) is 6.07 Å². The summed E-state index contributed by atoms with van der Waals surface area (Å²) in [6.07, 6.45) is 0. The molecule has 0 saturated heterocycles. The standard InChI is InChI=1S/C3H3BN2/c5-1-2-3(6)4-2/h4H,6H2. The topological polar surface area (TPSA) is 49.8 Å². The molecule has 0 unspecified atom stereocenters. The van der Waals surface area contributed by atoms with E-state index in [1.54, 1.807) is 0 Å². The van der Waals surface area contributed by atoms with Crippen molar-refractivity contribution in [2.45, 2.75) is 0 Å². The molecule has 0 spiro atoms. The Kier molecular flexibility index (Phi) is 0.427. The maximum atomic E-state index is 7.99. The van der Waals surface area contributed by atoms with Crippen LogP contribution in [-0.4, -0.2) is 7.28 Å². The van der Waals surface area contributed by atoms with E-state index in [2.05, 4.69) is 0 Å². The van der Waals surface area contributed by atoms with Crippen molar-refractivity contribution in [3.63, 3.8) is 0 Å². The SMILES string of the molecule is N#CC1=C(N)B1. The van der Waals surface area contributed by atoms with Gasteiger partial charge in [-0.2, -0.15) is 5.26 Å². The molecule has 2 N–H and O–H groups in total. The quantitative estimate of drug-likeness (QED) is 0.381. The van der Waals surface area contributed by atoms with Crippen molar-refractivity contribution in [1.82, 2.24) is 0 Å². The summed E-state index contributed by atoms with van der Waals surface area (Å²) in [5.74, 6) is 0. The summed E-state index contributed by atoms with van der Waals surface area (Å²) in [6.45, 7) is 0. The Morgan fingerprint density at radius 2 is 2.33 bits per heavy atom. The zero-order valence-corrected chi connectivity index (χ0v) is 3.23. The molecule has 1 aliphatic rings. The van der Waals surface area contributed by atoms with Gasteiger partial charge in [-0.15, -0.1) is 0 Å². The van der Waals surface area contributed by atoms with Gasteiger partial charge in [-0.1, -0.05) is 0 Å². The molecule has 2 nitrogen and oxygen atoms in total. The highest BCUT2D eigenvalue weighted by Gasteiger charge is 2.18. The van der Waals surface area contributed by atoms with E-state index < -0.39 is 0 Å². The molecule has 1 aliphatic heterocycles. The lowest BCUT2D eigenvalue weighted by Gasteiger charge is -1.54. The van der Waals surface area contributed by atoms with Crippen molar-refractivity contribution in [2.75, 3.05) is 0 Å². The van der Waals surface area contributed by atoms with Crippen molar-refractivity contribution in [3.05, 3.63) is 11.1 Å². The molecule has 0 amide bonds. The van der Waals surface area contributed by atoms with E-state index in [0.717, 1.165) is 18.3 Å². The largest absolute Gasteiger partial charge is 0.409 e. The predicted molar refractivity (Wildman–Crippen MR) is 24.0 cm³/mol. The minimum atomic E-state index is 0.747. The third kappa shape index (κ3) is 0.270. The van der Waals surface area contributed by atoms with Gasteiger partial charge in [0.15, 0.2) is 0 Å². The van der Waals surface area contributed by atoms with Crippen molar-refractivity contribution >= 4 is 7.28 Å². The highest BCUT2D eigenvalue weighted by Crippen LogP contribution is 2.10. The number of hydrogen-bond acceptors (Lipinski definition) is 2. The van der Waals surface area contributed by atoms with Gasteiger partial charge in [-0.3, -0.25) is 0 Å². The summed E-state index contributed by atoms with van der Waals surface area (Å²) in [5.41, 5.74) is 6.65. The molecule has 0 atom stereocenters. The maximum Gasteiger partial charge on any atom is 0.227 e. The van der Waals surface area contributed by atoms with Gasteiger partial charge in [-0.25, -0.2) is 0 Å². The Hall–Kier alpha value is -0.905. The van der Waals surface area contributed by atoms with Crippen molar-refractivity contribution in [3.8, 4) is 6.07 Å². The fourth-order valence-corrected chi connectivity index (χ4v) is 0.258. The van der Waals surface area contributed by atoms with Crippen LogP contribution in [0.2, 0.25) is 0 Å². The summed E-state index contributed by atoms with van der Waals surface area (Å²) in [6, 6.07) is 1.94. The Balaban J connectivity index is 2.67. The average Bonchev–Trinajstić information content (AvgIpc) is 2.19. The molecule has 3 heteroatoms. The van der Waals surface area contributed by atoms with Crippen LogP contribution in [0.4, 0.5) is 0 Å². The highest BCUT2D eigenvalue weighted by atomic mass is 14.6. The van der Waals surface area contributed by atoms with Gasteiger partial charge in [-0.05, 0) is 5.60 Å². The van der Waals surface area contributed by atoms with E-state index in [9.17, 15) is 0 Å². The molecule has 0 fully saturated rings. The maximum absolute atomic E-state index is 7.99. The first-order valence-electron chi connectivity index (χ1n) is 1.72. The summed E-state index contributed by atoms with van der Waals surface area (Å²) >= 11 is 0. The number of allylic oxidation sites excluding steroid dienone is 1. The number of hydrogen-bond donors (Lipinski definition) is 1. The van der Waals surface area contributed by atoms with E-state index in [4.69, 9.17) is 11.0 Å². The molecule has 0 aliphatic carbocycles. The van der Waals surface area contributed by atoms with Crippen LogP contribution < -0.4 is 5.73 Å². The number of nitriles is 1. The first-order chi connectivity index (χ1) is 2.84. The predicted octanol–water partition coefficient (Wildman–Crippen LogP) is -0.912. The lowest BCUT2D eigenvalue weighted by molar-refractivity contribution is 1.51. The second-order valence-corrected chi connectivity index (χ2v) is 1.29. The van der Waals surface area contributed by atoms with Crippen LogP contribution in [0.5, 0.6) is 0 Å². The lowest BCUT2D eigenvalue weighted by atomic mass is 9.96. The Labute approximate surface area is 36.5 Å². The zero-order chi connectivity index (χ0) is 4.57. The monoisotopic (exact) mass is 78.0 g/mol. The second kappa shape index (κ2) is 0.779. The molecule has 0 radical (unpaired) electrons. The number of nitrogens with zero attached hydrogens (tertiary/aromatic N) is 1. The smallest absolute Gasteiger partial charge is 0.227 e. The molecule has 0 aromatic carbocycles. The van der Waals surface area contributed by atoms with E-state index in [-0.39, 0.29) is 0 Å². The molecule has 0 bridgehead atoms. The van der Waals surface area contributed by atoms with Crippen molar-refractivity contribution < 1.29 is 0 Å². The molecular weight excluding hydrogens is 74.9 g/mol. The van der Waals surface area contributed by atoms with E-state index >= 15 is 0 Å². The molecule has 6 heavy (non-hydrogen) atoms. The highest BCUT2D eigenvalue weighted by molar-refractivity contribution is 6.68. The third-order valence-corrected chi connectivity index (χ3v) is 0.765. The minimum Gasteiger partial charge on any atom is -0.409 e. The van der Waals surface area contributed by atoms with Gasteiger partial charge in [0.25, 0.3) is 0 Å². The molecular formula is C3H3BN2. The van der Waals surface area contributed by atoms with Crippen LogP contribution in [0.15, 0.2) is 11.1 Å². The zero-order valence-electron chi connectivity index (χ0n) is 3.23. The second-order valence-electron chi connectivity index (χ2n) is 1.29. The number of rotatable bonds is 0. The molecule has 1 rings (SSSR count). The molecule has 0 aromatic heterocycles. The Bertz CT molecular complexity index is 141. The first kappa shape index (κ1) is 3.29. The normalized spacial score (nSPS) is 15.8. The third-order valence-electron chi connectivity index (χ3n) is 0.765. The lowest BCUT2D eigenvalue weighted by Crippen LogP contribution is -1.81. The van der Waals surface area contributed by atoms with Gasteiger partial charge < -0.3 is 5.73 Å². The van der Waals surface area contributed by atoms with Gasteiger partial charge in [0.1, 0.15) is 0 Å². The minimum absolute atomic E-state index is 0.747. The summed E-state index contributed by atoms with van der Waals surface area (Å²) < 4.78 is 0. The van der Waals surface area contributed by atoms with Gasteiger partial charge in [0, 0.05) is 5.47 Å². The Morgan fingerprint density at radius 3 is 2.33 bits per heavy atom. The van der Waals surface area contributed by atoms with Crippen LogP contribution in [0.25, 0.3) is 0 Å². The van der Waals surface area contributed by atoms with Gasteiger partial charge in [0.2, 0.25) is 7.28 Å². The summed E-state index contributed by atoms with van der Waals surface area (Å²) in [5, 5.41) is 7.99.